The number of rotatable bonds is 9. The van der Waals surface area contributed by atoms with Gasteiger partial charge in [0.25, 0.3) is 0 Å². The summed E-state index contributed by atoms with van der Waals surface area (Å²) in [6.45, 7) is 9.60. The van der Waals surface area contributed by atoms with Crippen LogP contribution in [-0.4, -0.2) is 50.1 Å². The molecule has 0 aromatic heterocycles. The van der Waals surface area contributed by atoms with Crippen molar-refractivity contribution >= 4 is 16.7 Å². The van der Waals surface area contributed by atoms with Gasteiger partial charge in [0.2, 0.25) is 0 Å². The molecule has 0 radical (unpaired) electrons. The average molecular weight is 568 g/mol. The highest BCUT2D eigenvalue weighted by Gasteiger charge is 2.34. The number of nitrogens with zero attached hydrogens (tertiary/aromatic N) is 1. The summed E-state index contributed by atoms with van der Waals surface area (Å²) in [7, 11) is 3.06. The van der Waals surface area contributed by atoms with Crippen LogP contribution in [-0.2, 0) is 9.47 Å². The first-order valence-corrected chi connectivity index (χ1v) is 14.6. The zero-order valence-electron chi connectivity index (χ0n) is 25.4. The smallest absolute Gasteiger partial charge is 0.337 e. The van der Waals surface area contributed by atoms with E-state index in [1.807, 2.05) is 30.3 Å². The van der Waals surface area contributed by atoms with Crippen molar-refractivity contribution in [3.8, 4) is 11.5 Å². The molecule has 0 amide bonds. The number of hydrogen-bond donors (Lipinski definition) is 0. The molecule has 0 saturated carbocycles. The number of para-hydroxylation sites is 1. The molecule has 1 aliphatic rings. The maximum Gasteiger partial charge on any atom is 0.337 e. The third-order valence-electron chi connectivity index (χ3n) is 8.04. The number of carbonyl (C=O) groups is 1. The third kappa shape index (κ3) is 6.45. The van der Waals surface area contributed by atoms with Gasteiger partial charge in [-0.15, -0.1) is 0 Å². The van der Waals surface area contributed by atoms with Crippen LogP contribution in [0.4, 0.5) is 0 Å². The lowest BCUT2D eigenvalue weighted by Crippen LogP contribution is -2.42. The molecule has 220 valence electrons. The highest BCUT2D eigenvalue weighted by Crippen LogP contribution is 2.44. The van der Waals surface area contributed by atoms with Crippen LogP contribution in [0.3, 0.4) is 0 Å². The molecule has 6 nitrogen and oxygen atoms in total. The van der Waals surface area contributed by atoms with E-state index < -0.39 is 0 Å². The molecule has 3 atom stereocenters. The Labute approximate surface area is 249 Å². The van der Waals surface area contributed by atoms with E-state index in [-0.39, 0.29) is 29.6 Å². The average Bonchev–Trinajstić information content (AvgIpc) is 3.00. The minimum atomic E-state index is -0.370. The van der Waals surface area contributed by atoms with Crippen molar-refractivity contribution < 1.29 is 23.7 Å². The van der Waals surface area contributed by atoms with E-state index in [9.17, 15) is 4.79 Å². The van der Waals surface area contributed by atoms with Gasteiger partial charge in [-0.25, -0.2) is 4.79 Å². The summed E-state index contributed by atoms with van der Waals surface area (Å²) in [6, 6.07) is 28.7. The van der Waals surface area contributed by atoms with Gasteiger partial charge < -0.3 is 18.9 Å². The minimum Gasteiger partial charge on any atom is -0.496 e. The summed E-state index contributed by atoms with van der Waals surface area (Å²) >= 11 is 0. The summed E-state index contributed by atoms with van der Waals surface area (Å²) in [4.78, 5) is 14.8. The Hall–Kier alpha value is -3.87. The fourth-order valence-electron chi connectivity index (χ4n) is 5.82. The zero-order valence-corrected chi connectivity index (χ0v) is 25.4. The van der Waals surface area contributed by atoms with Crippen LogP contribution in [0.1, 0.15) is 73.1 Å². The number of benzene rings is 4. The SMILES string of the molecule is COC(=O)c1ccc(OC)c(C2C[C@H](CN(COC(C)(C)C)[C@H](C)c3cccc4ccccc34)Oc3ccccc32)c1. The number of methoxy groups -OCH3 is 2. The fraction of sp³-hybridized carbons (Fsp3) is 0.361. The number of hydrogen-bond acceptors (Lipinski definition) is 6. The minimum absolute atomic E-state index is 0.0299. The monoisotopic (exact) mass is 567 g/mol. The molecule has 5 rings (SSSR count). The Morgan fingerprint density at radius 3 is 2.45 bits per heavy atom. The van der Waals surface area contributed by atoms with Crippen molar-refractivity contribution in [1.29, 1.82) is 0 Å². The van der Waals surface area contributed by atoms with Gasteiger partial charge in [-0.3, -0.25) is 4.90 Å². The Kier molecular flexibility index (Phi) is 8.85. The molecular formula is C36H41NO5. The van der Waals surface area contributed by atoms with Gasteiger partial charge in [0, 0.05) is 29.6 Å². The van der Waals surface area contributed by atoms with E-state index in [1.165, 1.54) is 23.4 Å². The number of esters is 1. The van der Waals surface area contributed by atoms with E-state index in [2.05, 4.69) is 81.1 Å². The lowest BCUT2D eigenvalue weighted by molar-refractivity contribution is -0.0840. The Morgan fingerprint density at radius 1 is 0.952 bits per heavy atom. The molecule has 0 aliphatic carbocycles. The van der Waals surface area contributed by atoms with Crippen molar-refractivity contribution in [2.45, 2.75) is 57.8 Å². The summed E-state index contributed by atoms with van der Waals surface area (Å²) in [5.74, 6) is 1.18. The van der Waals surface area contributed by atoms with Gasteiger partial charge in [-0.2, -0.15) is 0 Å². The molecule has 0 N–H and O–H groups in total. The standard InChI is InChI=1S/C36H41NO5/c1-24(28-16-11-13-25-12-7-8-14-29(25)28)37(23-41-36(2,3)4)22-27-21-31(30-15-9-10-17-34(30)42-27)32-20-26(35(38)40-6)18-19-33(32)39-5/h7-20,24,27,31H,21-23H2,1-6H3/t24-,27-,31?/m1/s1. The molecule has 0 saturated heterocycles. The predicted molar refractivity (Wildman–Crippen MR) is 166 cm³/mol. The molecular weight excluding hydrogens is 526 g/mol. The van der Waals surface area contributed by atoms with Crippen molar-refractivity contribution in [2.75, 3.05) is 27.5 Å². The topological polar surface area (TPSA) is 57.2 Å². The van der Waals surface area contributed by atoms with E-state index >= 15 is 0 Å². The maximum absolute atomic E-state index is 12.5. The van der Waals surface area contributed by atoms with Gasteiger partial charge >= 0.3 is 5.97 Å². The Morgan fingerprint density at radius 2 is 1.69 bits per heavy atom. The highest BCUT2D eigenvalue weighted by atomic mass is 16.5. The maximum atomic E-state index is 12.5. The van der Waals surface area contributed by atoms with E-state index in [1.54, 1.807) is 13.2 Å². The number of fused-ring (bicyclic) bond motifs is 2. The van der Waals surface area contributed by atoms with Crippen LogP contribution in [0.2, 0.25) is 0 Å². The summed E-state index contributed by atoms with van der Waals surface area (Å²) in [5.41, 5.74) is 3.49. The van der Waals surface area contributed by atoms with Crippen molar-refractivity contribution in [3.05, 3.63) is 107 Å². The summed E-state index contributed by atoms with van der Waals surface area (Å²) < 4.78 is 23.8. The van der Waals surface area contributed by atoms with Crippen LogP contribution in [0.5, 0.6) is 11.5 Å². The van der Waals surface area contributed by atoms with Crippen LogP contribution in [0.25, 0.3) is 10.8 Å². The first-order valence-electron chi connectivity index (χ1n) is 14.6. The van der Waals surface area contributed by atoms with Crippen molar-refractivity contribution in [1.82, 2.24) is 4.90 Å². The Balaban J connectivity index is 1.50. The molecule has 1 aliphatic heterocycles. The van der Waals surface area contributed by atoms with Gasteiger partial charge in [-0.1, -0.05) is 60.7 Å². The molecule has 1 heterocycles. The first-order chi connectivity index (χ1) is 20.2. The quantitative estimate of drug-likeness (QED) is 0.152. The van der Waals surface area contributed by atoms with Crippen molar-refractivity contribution in [3.63, 3.8) is 0 Å². The molecule has 6 heteroatoms. The van der Waals surface area contributed by atoms with E-state index in [0.29, 0.717) is 25.3 Å². The second-order valence-corrected chi connectivity index (χ2v) is 11.9. The summed E-state index contributed by atoms with van der Waals surface area (Å²) in [5, 5.41) is 2.46. The molecule has 0 bridgehead atoms. The lowest BCUT2D eigenvalue weighted by atomic mass is 9.83. The van der Waals surface area contributed by atoms with Crippen LogP contribution in [0, 0.1) is 0 Å². The molecule has 42 heavy (non-hydrogen) atoms. The van der Waals surface area contributed by atoms with Gasteiger partial charge in [0.15, 0.2) is 0 Å². The first kappa shape index (κ1) is 29.6. The predicted octanol–water partition coefficient (Wildman–Crippen LogP) is 7.75. The van der Waals surface area contributed by atoms with Crippen molar-refractivity contribution in [2.24, 2.45) is 0 Å². The second-order valence-electron chi connectivity index (χ2n) is 11.9. The number of ether oxygens (including phenoxy) is 4. The van der Waals surface area contributed by atoms with Gasteiger partial charge in [0.1, 0.15) is 24.3 Å². The second kappa shape index (κ2) is 12.6. The largest absolute Gasteiger partial charge is 0.496 e. The fourth-order valence-corrected chi connectivity index (χ4v) is 5.82. The molecule has 0 spiro atoms. The molecule has 4 aromatic rings. The Bertz CT molecular complexity index is 1540. The summed E-state index contributed by atoms with van der Waals surface area (Å²) in [6.07, 6.45) is 0.587. The third-order valence-corrected chi connectivity index (χ3v) is 8.04. The molecule has 4 aromatic carbocycles. The van der Waals surface area contributed by atoms with Crippen LogP contribution < -0.4 is 9.47 Å². The normalized spacial score (nSPS) is 17.4. The number of carbonyl (C=O) groups excluding carboxylic acids is 1. The van der Waals surface area contributed by atoms with E-state index in [0.717, 1.165) is 22.6 Å². The highest BCUT2D eigenvalue weighted by molar-refractivity contribution is 5.90. The van der Waals surface area contributed by atoms with E-state index in [4.69, 9.17) is 18.9 Å². The van der Waals surface area contributed by atoms with Crippen LogP contribution in [0.15, 0.2) is 84.9 Å². The molecule has 0 fully saturated rings. The van der Waals surface area contributed by atoms with Gasteiger partial charge in [-0.05, 0) is 74.7 Å². The lowest BCUT2D eigenvalue weighted by Gasteiger charge is -2.39. The van der Waals surface area contributed by atoms with Crippen LogP contribution >= 0.6 is 0 Å². The van der Waals surface area contributed by atoms with Gasteiger partial charge in [0.05, 0.1) is 25.4 Å². The zero-order chi connectivity index (χ0) is 29.9. The molecule has 1 unspecified atom stereocenters.